The summed E-state index contributed by atoms with van der Waals surface area (Å²) in [6.45, 7) is 6.92. The fraction of sp³-hybridized carbons (Fsp3) is 0.348. The molecule has 1 heterocycles. The highest BCUT2D eigenvalue weighted by atomic mass is 16.2. The minimum atomic E-state index is -0.0199. The molecule has 2 atom stereocenters. The Morgan fingerprint density at radius 2 is 1.54 bits per heavy atom. The van der Waals surface area contributed by atoms with Crippen LogP contribution in [0.5, 0.6) is 0 Å². The second-order valence-electron chi connectivity index (χ2n) is 7.16. The molecule has 0 bridgehead atoms. The van der Waals surface area contributed by atoms with Gasteiger partial charge in [-0.05, 0) is 50.3 Å². The molecule has 1 aliphatic heterocycles. The lowest BCUT2D eigenvalue weighted by Crippen LogP contribution is -2.49. The zero-order valence-corrected chi connectivity index (χ0v) is 15.9. The van der Waals surface area contributed by atoms with Crippen molar-refractivity contribution < 1.29 is 4.79 Å². The van der Waals surface area contributed by atoms with Crippen LogP contribution in [0, 0.1) is 0 Å². The van der Waals surface area contributed by atoms with Crippen LogP contribution in [-0.4, -0.2) is 23.0 Å². The Kier molecular flexibility index (Phi) is 5.89. The van der Waals surface area contributed by atoms with Crippen LogP contribution in [0.15, 0.2) is 71.8 Å². The van der Waals surface area contributed by atoms with Gasteiger partial charge in [-0.25, -0.2) is 0 Å². The van der Waals surface area contributed by atoms with E-state index in [1.807, 2.05) is 36.1 Å². The lowest BCUT2D eigenvalue weighted by molar-refractivity contribution is -0.129. The van der Waals surface area contributed by atoms with Crippen molar-refractivity contribution in [2.24, 2.45) is 0 Å². The maximum absolute atomic E-state index is 12.8. The van der Waals surface area contributed by atoms with Crippen LogP contribution in [0.2, 0.25) is 0 Å². The van der Waals surface area contributed by atoms with Crippen molar-refractivity contribution in [3.63, 3.8) is 0 Å². The second kappa shape index (κ2) is 8.33. The summed E-state index contributed by atoms with van der Waals surface area (Å²) in [5.74, 6) is 0.161. The summed E-state index contributed by atoms with van der Waals surface area (Å²) in [6.07, 6.45) is 1.92. The van der Waals surface area contributed by atoms with Gasteiger partial charge in [-0.15, -0.1) is 0 Å². The first-order valence-electron chi connectivity index (χ1n) is 9.39. The molecule has 0 saturated heterocycles. The largest absolute Gasteiger partial charge is 0.317 e. The van der Waals surface area contributed by atoms with Crippen molar-refractivity contribution >= 4 is 5.91 Å². The summed E-state index contributed by atoms with van der Waals surface area (Å²) < 4.78 is 0. The van der Waals surface area contributed by atoms with E-state index in [0.717, 1.165) is 30.5 Å². The topological polar surface area (TPSA) is 32.3 Å². The molecule has 0 saturated carbocycles. The minimum Gasteiger partial charge on any atom is -0.317 e. The fourth-order valence-corrected chi connectivity index (χ4v) is 3.57. The van der Waals surface area contributed by atoms with Crippen LogP contribution in [0.3, 0.4) is 0 Å². The lowest BCUT2D eigenvalue weighted by atomic mass is 10.0. The van der Waals surface area contributed by atoms with Crippen molar-refractivity contribution in [1.29, 1.82) is 0 Å². The van der Waals surface area contributed by atoms with Gasteiger partial charge >= 0.3 is 0 Å². The van der Waals surface area contributed by atoms with E-state index in [-0.39, 0.29) is 18.1 Å². The monoisotopic (exact) mass is 348 g/mol. The molecule has 0 spiro atoms. The molecule has 3 rings (SSSR count). The van der Waals surface area contributed by atoms with E-state index in [9.17, 15) is 4.79 Å². The van der Waals surface area contributed by atoms with Gasteiger partial charge in [0.25, 0.3) is 5.91 Å². The molecule has 0 fully saturated rings. The molecule has 136 valence electrons. The van der Waals surface area contributed by atoms with E-state index < -0.39 is 0 Å². The summed E-state index contributed by atoms with van der Waals surface area (Å²) in [5.41, 5.74) is 4.56. The third-order valence-electron chi connectivity index (χ3n) is 5.35. The number of hydrogen-bond acceptors (Lipinski definition) is 2. The summed E-state index contributed by atoms with van der Waals surface area (Å²) in [4.78, 5) is 14.8. The molecule has 2 aromatic rings. The Hall–Kier alpha value is -2.39. The third-order valence-corrected chi connectivity index (χ3v) is 5.35. The number of hydrogen-bond donors (Lipinski definition) is 1. The number of benzene rings is 2. The number of rotatable bonds is 7. The van der Waals surface area contributed by atoms with E-state index in [2.05, 4.69) is 55.6 Å². The van der Waals surface area contributed by atoms with Crippen LogP contribution in [0.25, 0.3) is 0 Å². The maximum atomic E-state index is 12.8. The number of carbonyl (C=O) groups excluding carboxylic acids is 1. The number of nitrogens with zero attached hydrogens (tertiary/aromatic N) is 1. The minimum absolute atomic E-state index is 0.0199. The molecule has 0 unspecified atom stereocenters. The Balaban J connectivity index is 1.67. The van der Waals surface area contributed by atoms with Gasteiger partial charge < -0.3 is 4.90 Å². The predicted molar refractivity (Wildman–Crippen MR) is 107 cm³/mol. The van der Waals surface area contributed by atoms with Gasteiger partial charge in [0.15, 0.2) is 0 Å². The fourth-order valence-electron chi connectivity index (χ4n) is 3.57. The normalized spacial score (nSPS) is 18.5. The van der Waals surface area contributed by atoms with Crippen LogP contribution in [0.1, 0.15) is 38.3 Å². The van der Waals surface area contributed by atoms with Gasteiger partial charge in [-0.3, -0.25) is 10.1 Å². The van der Waals surface area contributed by atoms with Crippen LogP contribution in [0.4, 0.5) is 0 Å². The maximum Gasteiger partial charge on any atom is 0.251 e. The molecule has 0 aliphatic carbocycles. The first-order chi connectivity index (χ1) is 12.6. The van der Waals surface area contributed by atoms with E-state index in [0.29, 0.717) is 0 Å². The number of amides is 1. The quantitative estimate of drug-likeness (QED) is 0.809. The Morgan fingerprint density at radius 1 is 0.962 bits per heavy atom. The molecule has 3 heteroatoms. The number of carbonyl (C=O) groups is 1. The van der Waals surface area contributed by atoms with E-state index in [4.69, 9.17) is 0 Å². The summed E-state index contributed by atoms with van der Waals surface area (Å²) in [7, 11) is 0. The SMILES string of the molecule is CC1=C(C)[C@@H](NCc2ccccc2)N([C@@H](C)CCc2ccccc2)C1=O. The first kappa shape index (κ1) is 18.4. The van der Waals surface area contributed by atoms with Crippen molar-refractivity contribution in [2.75, 3.05) is 0 Å². The van der Waals surface area contributed by atoms with Gasteiger partial charge in [-0.2, -0.15) is 0 Å². The second-order valence-corrected chi connectivity index (χ2v) is 7.16. The summed E-state index contributed by atoms with van der Waals surface area (Å²) in [5, 5.41) is 3.58. The average Bonchev–Trinajstić information content (AvgIpc) is 2.90. The summed E-state index contributed by atoms with van der Waals surface area (Å²) in [6, 6.07) is 21.0. The van der Waals surface area contributed by atoms with E-state index in [1.54, 1.807) is 0 Å². The zero-order valence-electron chi connectivity index (χ0n) is 15.9. The number of nitrogens with one attached hydrogen (secondary N) is 1. The van der Waals surface area contributed by atoms with Crippen molar-refractivity contribution in [3.8, 4) is 0 Å². The molecule has 3 nitrogen and oxygen atoms in total. The van der Waals surface area contributed by atoms with Gasteiger partial charge in [-0.1, -0.05) is 60.7 Å². The Morgan fingerprint density at radius 3 is 2.15 bits per heavy atom. The van der Waals surface area contributed by atoms with E-state index >= 15 is 0 Å². The zero-order chi connectivity index (χ0) is 18.5. The van der Waals surface area contributed by atoms with Crippen LogP contribution >= 0.6 is 0 Å². The first-order valence-corrected chi connectivity index (χ1v) is 9.39. The molecule has 1 aliphatic rings. The molecule has 1 amide bonds. The summed E-state index contributed by atoms with van der Waals surface area (Å²) >= 11 is 0. The highest BCUT2D eigenvalue weighted by Crippen LogP contribution is 2.27. The average molecular weight is 348 g/mol. The van der Waals surface area contributed by atoms with Gasteiger partial charge in [0.1, 0.15) is 6.17 Å². The van der Waals surface area contributed by atoms with Crippen molar-refractivity contribution in [3.05, 3.63) is 82.9 Å². The van der Waals surface area contributed by atoms with Crippen molar-refractivity contribution in [2.45, 2.75) is 52.4 Å². The van der Waals surface area contributed by atoms with Crippen LogP contribution < -0.4 is 5.32 Å². The molecule has 0 radical (unpaired) electrons. The highest BCUT2D eigenvalue weighted by Gasteiger charge is 2.37. The number of aryl methyl sites for hydroxylation is 1. The van der Waals surface area contributed by atoms with E-state index in [1.165, 1.54) is 11.1 Å². The van der Waals surface area contributed by atoms with Crippen molar-refractivity contribution in [1.82, 2.24) is 10.2 Å². The molecule has 2 aromatic carbocycles. The highest BCUT2D eigenvalue weighted by molar-refractivity contribution is 5.97. The molecule has 1 N–H and O–H groups in total. The Bertz CT molecular complexity index is 767. The van der Waals surface area contributed by atoms with Crippen LogP contribution in [-0.2, 0) is 17.8 Å². The van der Waals surface area contributed by atoms with Gasteiger partial charge in [0, 0.05) is 18.2 Å². The Labute approximate surface area is 156 Å². The molecular formula is C23H28N2O. The predicted octanol–water partition coefficient (Wildman–Crippen LogP) is 4.30. The third kappa shape index (κ3) is 4.05. The van der Waals surface area contributed by atoms with Gasteiger partial charge in [0.2, 0.25) is 0 Å². The van der Waals surface area contributed by atoms with Gasteiger partial charge in [0.05, 0.1) is 0 Å². The molecular weight excluding hydrogens is 320 g/mol. The lowest BCUT2D eigenvalue weighted by Gasteiger charge is -2.33. The standard InChI is InChI=1S/C23H28N2O/c1-17(14-15-20-10-6-4-7-11-20)25-22(18(2)19(3)23(25)26)24-16-21-12-8-5-9-13-21/h4-13,17,22,24H,14-16H2,1-3H3/t17-,22-/m0/s1. The molecule has 0 aromatic heterocycles. The smallest absolute Gasteiger partial charge is 0.251 e. The molecule has 26 heavy (non-hydrogen) atoms.